The van der Waals surface area contributed by atoms with E-state index in [1.807, 2.05) is 22.7 Å². The number of hydrogen-bond donors (Lipinski definition) is 0. The van der Waals surface area contributed by atoms with Gasteiger partial charge in [0.1, 0.15) is 5.82 Å². The molecule has 6 heteroatoms. The number of halogens is 3. The van der Waals surface area contributed by atoms with Crippen LogP contribution >= 0.6 is 31.9 Å². The smallest absolute Gasteiger partial charge is 0.151 e. The van der Waals surface area contributed by atoms with Gasteiger partial charge in [0.05, 0.1) is 20.3 Å². The van der Waals surface area contributed by atoms with Crippen molar-refractivity contribution < 1.29 is 4.39 Å². The normalized spacial score (nSPS) is 17.9. The van der Waals surface area contributed by atoms with Gasteiger partial charge in [0.2, 0.25) is 0 Å². The Morgan fingerprint density at radius 3 is 2.58 bits per heavy atom. The Labute approximate surface area is 168 Å². The summed E-state index contributed by atoms with van der Waals surface area (Å²) in [6.07, 6.45) is 3.79. The summed E-state index contributed by atoms with van der Waals surface area (Å²) in [4.78, 5) is 9.60. The summed E-state index contributed by atoms with van der Waals surface area (Å²) >= 11 is 7.07. The molecule has 0 unspecified atom stereocenters. The van der Waals surface area contributed by atoms with Crippen LogP contribution in [0.25, 0.3) is 5.65 Å². The van der Waals surface area contributed by atoms with Crippen LogP contribution in [0.4, 0.5) is 4.39 Å². The van der Waals surface area contributed by atoms with Gasteiger partial charge in [-0.1, -0.05) is 26.0 Å². The number of benzene rings is 1. The van der Waals surface area contributed by atoms with Gasteiger partial charge < -0.3 is 0 Å². The Hall–Kier alpha value is -1.53. The summed E-state index contributed by atoms with van der Waals surface area (Å²) in [6.45, 7) is 8.21. The van der Waals surface area contributed by atoms with Gasteiger partial charge in [-0.3, -0.25) is 9.39 Å². The summed E-state index contributed by atoms with van der Waals surface area (Å²) in [7, 11) is 0. The second-order valence-corrected chi connectivity index (χ2v) is 9.32. The predicted molar refractivity (Wildman–Crippen MR) is 110 cm³/mol. The Kier molecular flexibility index (Phi) is 3.94. The van der Waals surface area contributed by atoms with Crippen molar-refractivity contribution in [3.8, 4) is 0 Å². The van der Waals surface area contributed by atoms with Gasteiger partial charge >= 0.3 is 0 Å². The first-order valence-electron chi connectivity index (χ1n) is 8.35. The van der Waals surface area contributed by atoms with Crippen molar-refractivity contribution in [1.29, 1.82) is 0 Å². The molecular weight excluding hydrogens is 461 g/mol. The maximum absolute atomic E-state index is 14.8. The Balaban J connectivity index is 2.02. The highest BCUT2D eigenvalue weighted by atomic mass is 79.9. The molecule has 0 saturated heterocycles. The molecule has 1 aliphatic rings. The summed E-state index contributed by atoms with van der Waals surface area (Å²) in [5.74, 6) is -0.188. The molecule has 0 amide bonds. The van der Waals surface area contributed by atoms with E-state index in [-0.39, 0.29) is 5.82 Å². The van der Waals surface area contributed by atoms with E-state index < -0.39 is 11.0 Å². The molecule has 2 aromatic heterocycles. The molecule has 0 radical (unpaired) electrons. The van der Waals surface area contributed by atoms with Gasteiger partial charge in [-0.05, 0) is 57.8 Å². The average molecular weight is 479 g/mol. The molecule has 0 bridgehead atoms. The fraction of sp³-hybridized carbons (Fsp3) is 0.300. The quantitative estimate of drug-likeness (QED) is 0.427. The molecule has 3 heterocycles. The van der Waals surface area contributed by atoms with Crippen molar-refractivity contribution >= 4 is 43.2 Å². The van der Waals surface area contributed by atoms with Crippen LogP contribution in [0.3, 0.4) is 0 Å². The standard InChI is InChI=1S/C20H18Br2FN3/c1-19(2)16-12(6-5-7-14(16)23)17(25-20(19,3)4)11-9-24-18-13(21)8-15(22)26(18)10-11/h5-10H,1-4H3. The lowest BCUT2D eigenvalue weighted by atomic mass is 9.65. The zero-order valence-electron chi connectivity index (χ0n) is 14.9. The first kappa shape index (κ1) is 17.9. The molecule has 1 aliphatic heterocycles. The first-order valence-corrected chi connectivity index (χ1v) is 9.94. The second-order valence-electron chi connectivity index (χ2n) is 7.66. The van der Waals surface area contributed by atoms with Crippen LogP contribution in [-0.4, -0.2) is 20.6 Å². The molecule has 0 N–H and O–H groups in total. The lowest BCUT2D eigenvalue weighted by Gasteiger charge is -2.44. The minimum atomic E-state index is -0.457. The minimum Gasteiger partial charge on any atom is -0.294 e. The first-order chi connectivity index (χ1) is 12.1. The fourth-order valence-corrected chi connectivity index (χ4v) is 4.81. The topological polar surface area (TPSA) is 29.7 Å². The minimum absolute atomic E-state index is 0.188. The molecule has 0 spiro atoms. The zero-order valence-corrected chi connectivity index (χ0v) is 18.1. The largest absolute Gasteiger partial charge is 0.294 e. The van der Waals surface area contributed by atoms with E-state index in [4.69, 9.17) is 4.99 Å². The van der Waals surface area contributed by atoms with Crippen LogP contribution in [0.15, 0.2) is 50.7 Å². The van der Waals surface area contributed by atoms with Crippen LogP contribution in [0.1, 0.15) is 44.4 Å². The van der Waals surface area contributed by atoms with Gasteiger partial charge in [0.15, 0.2) is 5.65 Å². The van der Waals surface area contributed by atoms with Crippen molar-refractivity contribution in [2.45, 2.75) is 38.6 Å². The predicted octanol–water partition coefficient (Wildman–Crippen LogP) is 5.91. The molecule has 4 rings (SSSR count). The second kappa shape index (κ2) is 5.73. The third-order valence-electron chi connectivity index (χ3n) is 5.60. The highest BCUT2D eigenvalue weighted by Gasteiger charge is 2.45. The highest BCUT2D eigenvalue weighted by molar-refractivity contribution is 9.11. The number of hydrogen-bond acceptors (Lipinski definition) is 2. The molecule has 3 nitrogen and oxygen atoms in total. The van der Waals surface area contributed by atoms with Crippen LogP contribution in [0, 0.1) is 5.82 Å². The van der Waals surface area contributed by atoms with E-state index in [1.54, 1.807) is 12.3 Å². The molecule has 0 aliphatic carbocycles. The van der Waals surface area contributed by atoms with Gasteiger partial charge in [-0.2, -0.15) is 0 Å². The van der Waals surface area contributed by atoms with Gasteiger partial charge in [-0.15, -0.1) is 0 Å². The summed E-state index contributed by atoms with van der Waals surface area (Å²) < 4.78 is 18.6. The van der Waals surface area contributed by atoms with E-state index in [1.165, 1.54) is 6.07 Å². The van der Waals surface area contributed by atoms with Crippen molar-refractivity contribution in [3.05, 3.63) is 68.2 Å². The monoisotopic (exact) mass is 477 g/mol. The van der Waals surface area contributed by atoms with Crippen molar-refractivity contribution in [2.24, 2.45) is 4.99 Å². The molecule has 1 aromatic carbocycles. The number of fused-ring (bicyclic) bond motifs is 2. The molecule has 3 aromatic rings. The van der Waals surface area contributed by atoms with Crippen LogP contribution in [0.5, 0.6) is 0 Å². The summed E-state index contributed by atoms with van der Waals surface area (Å²) in [5, 5.41) is 0. The van der Waals surface area contributed by atoms with E-state index in [0.29, 0.717) is 5.56 Å². The molecule has 0 atom stereocenters. The Morgan fingerprint density at radius 1 is 1.12 bits per heavy atom. The number of aromatic nitrogens is 2. The summed E-state index contributed by atoms with van der Waals surface area (Å²) in [6, 6.07) is 7.17. The van der Waals surface area contributed by atoms with Gasteiger partial charge in [0.25, 0.3) is 0 Å². The third-order valence-corrected chi connectivity index (χ3v) is 6.79. The number of nitrogens with zero attached hydrogens (tertiary/aromatic N) is 3. The van der Waals surface area contributed by atoms with Gasteiger partial charge in [-0.25, -0.2) is 9.37 Å². The third kappa shape index (κ3) is 2.42. The molecular formula is C20H18Br2FN3. The van der Waals surface area contributed by atoms with Crippen molar-refractivity contribution in [3.63, 3.8) is 0 Å². The van der Waals surface area contributed by atoms with E-state index in [2.05, 4.69) is 64.5 Å². The van der Waals surface area contributed by atoms with Crippen molar-refractivity contribution in [2.75, 3.05) is 0 Å². The van der Waals surface area contributed by atoms with Crippen LogP contribution in [-0.2, 0) is 5.41 Å². The maximum atomic E-state index is 14.8. The van der Waals surface area contributed by atoms with Crippen LogP contribution in [0.2, 0.25) is 0 Å². The van der Waals surface area contributed by atoms with E-state index in [9.17, 15) is 4.39 Å². The Bertz CT molecular complexity index is 1080. The fourth-order valence-electron chi connectivity index (χ4n) is 3.49. The zero-order chi connectivity index (χ0) is 18.9. The number of rotatable bonds is 1. The summed E-state index contributed by atoms with van der Waals surface area (Å²) in [5.41, 5.74) is 3.11. The van der Waals surface area contributed by atoms with Gasteiger partial charge in [0, 0.05) is 34.5 Å². The van der Waals surface area contributed by atoms with E-state index in [0.717, 1.165) is 31.6 Å². The number of aliphatic imine (C=N–C) groups is 1. The van der Waals surface area contributed by atoms with Crippen molar-refractivity contribution in [1.82, 2.24) is 9.38 Å². The molecule has 0 saturated carbocycles. The molecule has 134 valence electrons. The molecule has 0 fully saturated rings. The highest BCUT2D eigenvalue weighted by Crippen LogP contribution is 2.45. The lowest BCUT2D eigenvalue weighted by molar-refractivity contribution is 0.293. The SMILES string of the molecule is CC1(C)N=C(c2cnc3c(Br)cc(Br)n3c2)c2cccc(F)c2C1(C)C. The van der Waals surface area contributed by atoms with Crippen LogP contribution < -0.4 is 0 Å². The van der Waals surface area contributed by atoms with E-state index >= 15 is 0 Å². The lowest BCUT2D eigenvalue weighted by Crippen LogP contribution is -2.46. The molecule has 26 heavy (non-hydrogen) atoms. The average Bonchev–Trinajstić information content (AvgIpc) is 2.85. The maximum Gasteiger partial charge on any atom is 0.151 e. The Morgan fingerprint density at radius 2 is 1.85 bits per heavy atom.